The van der Waals surface area contributed by atoms with Crippen molar-refractivity contribution >= 4 is 37.1 Å². The van der Waals surface area contributed by atoms with E-state index < -0.39 is 25.9 Å². The summed E-state index contributed by atoms with van der Waals surface area (Å²) in [5.41, 5.74) is 7.09. The molecule has 3 N–H and O–H groups in total. The molecule has 142 valence electrons. The maximum Gasteiger partial charge on any atom is 0.242 e. The van der Waals surface area contributed by atoms with Crippen LogP contribution in [0.4, 0.5) is 5.69 Å². The maximum absolute atomic E-state index is 12.9. The van der Waals surface area contributed by atoms with Gasteiger partial charge in [-0.3, -0.25) is 0 Å². The molecule has 6 nitrogen and oxygen atoms in total. The Kier molecular flexibility index (Phi) is 6.02. The van der Waals surface area contributed by atoms with Gasteiger partial charge in [0.2, 0.25) is 10.0 Å². The molecule has 1 unspecified atom stereocenters. The van der Waals surface area contributed by atoms with Crippen LogP contribution in [0.3, 0.4) is 0 Å². The topological polar surface area (TPSA) is 106 Å². The van der Waals surface area contributed by atoms with Crippen LogP contribution < -0.4 is 10.5 Å². The third-order valence-electron chi connectivity index (χ3n) is 3.90. The normalized spacial score (nSPS) is 13.7. The average molecular weight is 417 g/mol. The highest BCUT2D eigenvalue weighted by Crippen LogP contribution is 2.31. The first kappa shape index (κ1) is 20.7. The molecule has 0 aliphatic rings. The molecule has 0 aromatic heterocycles. The zero-order valence-electron chi connectivity index (χ0n) is 14.6. The first-order valence-corrected chi connectivity index (χ1v) is 11.5. The average Bonchev–Trinajstić information content (AvgIpc) is 2.52. The molecule has 0 fully saturated rings. The predicted octanol–water partition coefficient (Wildman–Crippen LogP) is 3.00. The quantitative estimate of drug-likeness (QED) is 0.704. The highest BCUT2D eigenvalue weighted by molar-refractivity contribution is 7.91. The van der Waals surface area contributed by atoms with Crippen LogP contribution in [0.25, 0.3) is 0 Å². The third kappa shape index (κ3) is 4.56. The van der Waals surface area contributed by atoms with E-state index >= 15 is 0 Å². The van der Waals surface area contributed by atoms with Crippen molar-refractivity contribution in [3.63, 3.8) is 0 Å². The van der Waals surface area contributed by atoms with Gasteiger partial charge < -0.3 is 5.73 Å². The number of hydrogen-bond acceptors (Lipinski definition) is 5. The second kappa shape index (κ2) is 7.56. The van der Waals surface area contributed by atoms with Crippen molar-refractivity contribution in [2.75, 3.05) is 12.0 Å². The number of nitrogens with two attached hydrogens (primary N) is 1. The van der Waals surface area contributed by atoms with E-state index in [2.05, 4.69) is 4.72 Å². The lowest BCUT2D eigenvalue weighted by Gasteiger charge is -2.24. The van der Waals surface area contributed by atoms with Crippen LogP contribution in [0.15, 0.2) is 52.3 Å². The van der Waals surface area contributed by atoms with E-state index in [1.165, 1.54) is 12.1 Å². The molecule has 0 saturated carbocycles. The van der Waals surface area contributed by atoms with Crippen LogP contribution in [0.1, 0.15) is 25.5 Å². The number of benzene rings is 2. The van der Waals surface area contributed by atoms with Crippen LogP contribution in [0.2, 0.25) is 5.02 Å². The molecule has 0 aliphatic carbocycles. The molecule has 26 heavy (non-hydrogen) atoms. The first-order valence-electron chi connectivity index (χ1n) is 7.80. The van der Waals surface area contributed by atoms with Crippen molar-refractivity contribution in [1.29, 1.82) is 0 Å². The Balaban J connectivity index is 2.52. The predicted molar refractivity (Wildman–Crippen MR) is 103 cm³/mol. The van der Waals surface area contributed by atoms with Crippen LogP contribution in [-0.2, 0) is 19.9 Å². The van der Waals surface area contributed by atoms with E-state index in [1.54, 1.807) is 24.3 Å². The van der Waals surface area contributed by atoms with Crippen molar-refractivity contribution in [2.24, 2.45) is 5.92 Å². The lowest BCUT2D eigenvalue weighted by molar-refractivity contribution is 0.464. The number of sulfone groups is 1. The number of hydrogen-bond donors (Lipinski definition) is 2. The molecule has 1 atom stereocenters. The van der Waals surface area contributed by atoms with Gasteiger partial charge in [-0.25, -0.2) is 21.6 Å². The van der Waals surface area contributed by atoms with Crippen molar-refractivity contribution in [3.05, 3.63) is 53.1 Å². The van der Waals surface area contributed by atoms with Gasteiger partial charge in [0.05, 0.1) is 16.0 Å². The fourth-order valence-electron chi connectivity index (χ4n) is 2.50. The minimum Gasteiger partial charge on any atom is -0.398 e. The molecule has 2 aromatic rings. The van der Waals surface area contributed by atoms with Gasteiger partial charge in [-0.15, -0.1) is 0 Å². The van der Waals surface area contributed by atoms with E-state index in [0.717, 1.165) is 12.3 Å². The lowest BCUT2D eigenvalue weighted by Crippen LogP contribution is -2.32. The van der Waals surface area contributed by atoms with Gasteiger partial charge >= 0.3 is 0 Å². The second-order valence-corrected chi connectivity index (χ2v) is 10.4. The minimum atomic E-state index is -4.08. The minimum absolute atomic E-state index is 0.0616. The Labute approximate surface area is 159 Å². The van der Waals surface area contributed by atoms with Crippen molar-refractivity contribution in [1.82, 2.24) is 4.72 Å². The molecular formula is C17H21ClN2O4S2. The number of nitrogens with one attached hydrogen (secondary N) is 1. The molecule has 0 heterocycles. The number of para-hydroxylation sites is 1. The Morgan fingerprint density at radius 2 is 1.65 bits per heavy atom. The summed E-state index contributed by atoms with van der Waals surface area (Å²) in [5, 5.41) is -0.0616. The first-order chi connectivity index (χ1) is 11.9. The zero-order chi connectivity index (χ0) is 19.7. The molecule has 0 aliphatic heterocycles. The fourth-order valence-corrected chi connectivity index (χ4v) is 5.12. The van der Waals surface area contributed by atoms with Crippen LogP contribution in [0.5, 0.6) is 0 Å². The molecule has 2 rings (SSSR count). The van der Waals surface area contributed by atoms with Gasteiger partial charge in [0.15, 0.2) is 9.84 Å². The Morgan fingerprint density at radius 1 is 1.04 bits per heavy atom. The van der Waals surface area contributed by atoms with Gasteiger partial charge in [-0.2, -0.15) is 0 Å². The molecule has 9 heteroatoms. The Morgan fingerprint density at radius 3 is 2.19 bits per heavy atom. The van der Waals surface area contributed by atoms with Gasteiger partial charge in [0.1, 0.15) is 4.90 Å². The summed E-state index contributed by atoms with van der Waals surface area (Å²) in [6.45, 7) is 3.71. The second-order valence-electron chi connectivity index (χ2n) is 6.34. The van der Waals surface area contributed by atoms with Gasteiger partial charge in [-0.05, 0) is 35.7 Å². The number of rotatable bonds is 6. The Hall–Kier alpha value is -1.61. The fraction of sp³-hybridized carbons (Fsp3) is 0.294. The highest BCUT2D eigenvalue weighted by atomic mass is 35.5. The number of nitrogen functional groups attached to an aromatic ring is 1. The van der Waals surface area contributed by atoms with Crippen molar-refractivity contribution < 1.29 is 16.8 Å². The summed E-state index contributed by atoms with van der Waals surface area (Å²) in [5.74, 6) is -0.105. The summed E-state index contributed by atoms with van der Waals surface area (Å²) in [6, 6.07) is 9.96. The molecule has 0 spiro atoms. The van der Waals surface area contributed by atoms with Gasteiger partial charge in [0, 0.05) is 11.9 Å². The van der Waals surface area contributed by atoms with Crippen LogP contribution in [-0.4, -0.2) is 23.1 Å². The lowest BCUT2D eigenvalue weighted by atomic mass is 9.96. The standard InChI is InChI=1S/C17H21ClN2O4S2/c1-11(2)17(13-6-4-5-7-15(13)19)20-26(23,24)16-10-12(25(3,21)22)8-9-14(16)18/h4-11,17,20H,19H2,1-3H3. The van der Waals surface area contributed by atoms with E-state index in [9.17, 15) is 16.8 Å². The van der Waals surface area contributed by atoms with Gasteiger partial charge in [0.25, 0.3) is 0 Å². The highest BCUT2D eigenvalue weighted by Gasteiger charge is 2.27. The van der Waals surface area contributed by atoms with E-state index in [1.807, 2.05) is 13.8 Å². The van der Waals surface area contributed by atoms with Crippen LogP contribution >= 0.6 is 11.6 Å². The van der Waals surface area contributed by atoms with Crippen LogP contribution in [0, 0.1) is 5.92 Å². The summed E-state index contributed by atoms with van der Waals surface area (Å²) < 4.78 is 51.9. The molecule has 0 saturated heterocycles. The summed E-state index contributed by atoms with van der Waals surface area (Å²) in [4.78, 5) is -0.412. The largest absolute Gasteiger partial charge is 0.398 e. The zero-order valence-corrected chi connectivity index (χ0v) is 17.0. The van der Waals surface area contributed by atoms with E-state index in [0.29, 0.717) is 11.3 Å². The Bertz CT molecular complexity index is 1020. The number of sulfonamides is 1. The van der Waals surface area contributed by atoms with Gasteiger partial charge in [-0.1, -0.05) is 43.6 Å². The monoisotopic (exact) mass is 416 g/mol. The van der Waals surface area contributed by atoms with Crippen molar-refractivity contribution in [3.8, 4) is 0 Å². The molecular weight excluding hydrogens is 396 g/mol. The molecule has 0 amide bonds. The van der Waals surface area contributed by atoms with E-state index in [-0.39, 0.29) is 20.7 Å². The van der Waals surface area contributed by atoms with E-state index in [4.69, 9.17) is 17.3 Å². The number of halogens is 1. The SMILES string of the molecule is CC(C)C(NS(=O)(=O)c1cc(S(C)(=O)=O)ccc1Cl)c1ccccc1N. The van der Waals surface area contributed by atoms with Crippen molar-refractivity contribution in [2.45, 2.75) is 29.7 Å². The smallest absolute Gasteiger partial charge is 0.242 e. The summed E-state index contributed by atoms with van der Waals surface area (Å²) in [6.07, 6.45) is 1.00. The molecule has 0 radical (unpaired) electrons. The molecule has 0 bridgehead atoms. The third-order valence-corrected chi connectivity index (χ3v) is 6.93. The maximum atomic E-state index is 12.9. The summed E-state index contributed by atoms with van der Waals surface area (Å²) >= 11 is 6.03. The molecule has 2 aromatic carbocycles. The number of anilines is 1. The summed E-state index contributed by atoms with van der Waals surface area (Å²) in [7, 11) is -7.66.